The van der Waals surface area contributed by atoms with Crippen LogP contribution in [0.1, 0.15) is 34.1 Å². The van der Waals surface area contributed by atoms with Crippen LogP contribution in [0.5, 0.6) is 0 Å². The van der Waals surface area contributed by atoms with Gasteiger partial charge in [-0.3, -0.25) is 9.59 Å². The topological polar surface area (TPSA) is 103 Å². The van der Waals surface area contributed by atoms with Crippen LogP contribution >= 0.6 is 0 Å². The Kier molecular flexibility index (Phi) is 6.12. The molecule has 0 aromatic carbocycles. The monoisotopic (exact) mass is 301 g/mol. The van der Waals surface area contributed by atoms with Gasteiger partial charge in [-0.2, -0.15) is 0 Å². The molecule has 0 aromatic heterocycles. The summed E-state index contributed by atoms with van der Waals surface area (Å²) in [4.78, 5) is 23.7. The molecule has 1 atom stereocenters. The Bertz CT molecular complexity index is 382. The van der Waals surface area contributed by atoms with E-state index in [-0.39, 0.29) is 24.8 Å². The van der Waals surface area contributed by atoms with Crippen LogP contribution in [0.4, 0.5) is 0 Å². The van der Waals surface area contributed by atoms with Crippen LogP contribution in [0.3, 0.4) is 0 Å². The molecule has 4 N–H and O–H groups in total. The van der Waals surface area contributed by atoms with Crippen LogP contribution in [-0.2, 0) is 19.1 Å². The SMILES string of the molecule is CC1(C)OCC(C)(C)C(C(=O)NCCC(=O)NCCN)O1. The maximum Gasteiger partial charge on any atom is 0.249 e. The molecule has 0 bridgehead atoms. The van der Waals surface area contributed by atoms with E-state index in [1.54, 1.807) is 13.8 Å². The minimum absolute atomic E-state index is 0.131. The molecule has 1 aliphatic rings. The zero-order valence-electron chi connectivity index (χ0n) is 13.3. The number of hydrogen-bond donors (Lipinski definition) is 3. The van der Waals surface area contributed by atoms with Gasteiger partial charge in [-0.1, -0.05) is 13.8 Å². The Balaban J connectivity index is 2.44. The third-order valence-electron chi connectivity index (χ3n) is 3.26. The zero-order chi connectivity index (χ0) is 16.1. The summed E-state index contributed by atoms with van der Waals surface area (Å²) >= 11 is 0. The predicted octanol–water partition coefficient (Wildman–Crippen LogP) is -0.255. The molecular weight excluding hydrogens is 274 g/mol. The Labute approximate surface area is 125 Å². The molecule has 0 saturated carbocycles. The molecule has 0 aliphatic carbocycles. The molecule has 0 aromatic rings. The van der Waals surface area contributed by atoms with Crippen molar-refractivity contribution in [1.82, 2.24) is 10.6 Å². The highest BCUT2D eigenvalue weighted by atomic mass is 16.7. The first-order chi connectivity index (χ1) is 9.68. The lowest BCUT2D eigenvalue weighted by Crippen LogP contribution is -2.56. The second-order valence-electron chi connectivity index (χ2n) is 6.35. The van der Waals surface area contributed by atoms with Crippen LogP contribution in [0.25, 0.3) is 0 Å². The number of amides is 2. The van der Waals surface area contributed by atoms with E-state index in [1.165, 1.54) is 0 Å². The van der Waals surface area contributed by atoms with Crippen molar-refractivity contribution in [3.8, 4) is 0 Å². The van der Waals surface area contributed by atoms with E-state index in [4.69, 9.17) is 15.2 Å². The quantitative estimate of drug-likeness (QED) is 0.627. The van der Waals surface area contributed by atoms with E-state index < -0.39 is 17.3 Å². The highest BCUT2D eigenvalue weighted by Crippen LogP contribution is 2.34. The van der Waals surface area contributed by atoms with Crippen LogP contribution in [0.2, 0.25) is 0 Å². The summed E-state index contributed by atoms with van der Waals surface area (Å²) < 4.78 is 11.3. The van der Waals surface area contributed by atoms with Crippen molar-refractivity contribution in [2.75, 3.05) is 26.2 Å². The molecule has 0 spiro atoms. The molecule has 2 amide bonds. The average molecular weight is 301 g/mol. The second kappa shape index (κ2) is 7.20. The Morgan fingerprint density at radius 3 is 2.48 bits per heavy atom. The summed E-state index contributed by atoms with van der Waals surface area (Å²) in [5.41, 5.74) is 4.88. The van der Waals surface area contributed by atoms with Gasteiger partial charge in [-0.25, -0.2) is 0 Å². The fraction of sp³-hybridized carbons (Fsp3) is 0.857. The van der Waals surface area contributed by atoms with Gasteiger partial charge in [-0.05, 0) is 13.8 Å². The standard InChI is InChI=1S/C14H27N3O4/c1-13(2)9-20-14(3,4)21-11(13)12(19)17-7-5-10(18)16-8-6-15/h11H,5-9,15H2,1-4H3,(H,16,18)(H,17,19). The first-order valence-electron chi connectivity index (χ1n) is 7.24. The number of hydrogen-bond acceptors (Lipinski definition) is 5. The van der Waals surface area contributed by atoms with Gasteiger partial charge in [0.05, 0.1) is 6.61 Å². The van der Waals surface area contributed by atoms with Crippen molar-refractivity contribution in [2.45, 2.75) is 46.0 Å². The van der Waals surface area contributed by atoms with Crippen molar-refractivity contribution >= 4 is 11.8 Å². The molecule has 21 heavy (non-hydrogen) atoms. The van der Waals surface area contributed by atoms with Crippen molar-refractivity contribution in [3.63, 3.8) is 0 Å². The van der Waals surface area contributed by atoms with Gasteiger partial charge in [0.25, 0.3) is 0 Å². The van der Waals surface area contributed by atoms with E-state index in [2.05, 4.69) is 10.6 Å². The van der Waals surface area contributed by atoms with Crippen molar-refractivity contribution in [2.24, 2.45) is 11.1 Å². The predicted molar refractivity (Wildman–Crippen MR) is 78.4 cm³/mol. The minimum Gasteiger partial charge on any atom is -0.355 e. The van der Waals surface area contributed by atoms with Crippen LogP contribution in [0, 0.1) is 5.41 Å². The molecule has 1 fully saturated rings. The molecule has 0 radical (unpaired) electrons. The molecule has 1 saturated heterocycles. The number of carbonyl (C=O) groups is 2. The third kappa shape index (κ3) is 5.61. The summed E-state index contributed by atoms with van der Waals surface area (Å²) in [6.07, 6.45) is -0.382. The van der Waals surface area contributed by atoms with Gasteiger partial charge in [0.1, 0.15) is 6.10 Å². The lowest BCUT2D eigenvalue weighted by atomic mass is 9.85. The van der Waals surface area contributed by atoms with E-state index in [1.807, 2.05) is 13.8 Å². The van der Waals surface area contributed by atoms with Crippen molar-refractivity contribution < 1.29 is 19.1 Å². The van der Waals surface area contributed by atoms with Gasteiger partial charge in [0.2, 0.25) is 11.8 Å². The average Bonchev–Trinajstić information content (AvgIpc) is 2.39. The first-order valence-corrected chi connectivity index (χ1v) is 7.24. The van der Waals surface area contributed by atoms with E-state index >= 15 is 0 Å². The maximum atomic E-state index is 12.3. The highest BCUT2D eigenvalue weighted by Gasteiger charge is 2.45. The summed E-state index contributed by atoms with van der Waals surface area (Å²) in [5, 5.41) is 5.39. The normalized spacial score (nSPS) is 23.4. The van der Waals surface area contributed by atoms with Gasteiger partial charge >= 0.3 is 0 Å². The fourth-order valence-corrected chi connectivity index (χ4v) is 2.01. The largest absolute Gasteiger partial charge is 0.355 e. The van der Waals surface area contributed by atoms with Crippen LogP contribution < -0.4 is 16.4 Å². The lowest BCUT2D eigenvalue weighted by Gasteiger charge is -2.44. The molecule has 1 aliphatic heterocycles. The molecule has 122 valence electrons. The van der Waals surface area contributed by atoms with Gasteiger partial charge < -0.3 is 25.8 Å². The third-order valence-corrected chi connectivity index (χ3v) is 3.26. The summed E-state index contributed by atoms with van der Waals surface area (Å²) in [7, 11) is 0. The molecule has 7 nitrogen and oxygen atoms in total. The zero-order valence-corrected chi connectivity index (χ0v) is 13.3. The summed E-state index contributed by atoms with van der Waals surface area (Å²) in [5.74, 6) is -1.13. The number of ether oxygens (including phenoxy) is 2. The van der Waals surface area contributed by atoms with E-state index in [0.29, 0.717) is 19.7 Å². The highest BCUT2D eigenvalue weighted by molar-refractivity contribution is 5.82. The van der Waals surface area contributed by atoms with Crippen molar-refractivity contribution in [1.29, 1.82) is 0 Å². The number of rotatable bonds is 6. The summed E-state index contributed by atoms with van der Waals surface area (Å²) in [6, 6.07) is 0. The molecule has 1 unspecified atom stereocenters. The Hall–Kier alpha value is -1.18. The molecular formula is C14H27N3O4. The van der Waals surface area contributed by atoms with Gasteiger partial charge in [0, 0.05) is 31.5 Å². The first kappa shape index (κ1) is 17.9. The minimum atomic E-state index is -0.782. The Morgan fingerprint density at radius 1 is 1.19 bits per heavy atom. The van der Waals surface area contributed by atoms with E-state index in [0.717, 1.165) is 0 Å². The fourth-order valence-electron chi connectivity index (χ4n) is 2.01. The molecule has 1 rings (SSSR count). The summed E-state index contributed by atoms with van der Waals surface area (Å²) in [6.45, 7) is 8.95. The lowest BCUT2D eigenvalue weighted by molar-refractivity contribution is -0.304. The number of carbonyl (C=O) groups excluding carboxylic acids is 2. The van der Waals surface area contributed by atoms with Crippen LogP contribution in [0.15, 0.2) is 0 Å². The maximum absolute atomic E-state index is 12.3. The van der Waals surface area contributed by atoms with Gasteiger partial charge in [-0.15, -0.1) is 0 Å². The van der Waals surface area contributed by atoms with E-state index in [9.17, 15) is 9.59 Å². The molecule has 1 heterocycles. The number of nitrogens with two attached hydrogens (primary N) is 1. The Morgan fingerprint density at radius 2 is 1.86 bits per heavy atom. The second-order valence-corrected chi connectivity index (χ2v) is 6.35. The van der Waals surface area contributed by atoms with Crippen LogP contribution in [-0.4, -0.2) is 49.9 Å². The van der Waals surface area contributed by atoms with Gasteiger partial charge in [0.15, 0.2) is 5.79 Å². The number of nitrogens with one attached hydrogen (secondary N) is 2. The smallest absolute Gasteiger partial charge is 0.249 e. The van der Waals surface area contributed by atoms with Crippen molar-refractivity contribution in [3.05, 3.63) is 0 Å². The molecule has 7 heteroatoms.